The summed E-state index contributed by atoms with van der Waals surface area (Å²) in [5.41, 5.74) is 0.835. The lowest BCUT2D eigenvalue weighted by atomic mass is 10.2. The van der Waals surface area contributed by atoms with Gasteiger partial charge < -0.3 is 20.2 Å². The van der Waals surface area contributed by atoms with Crippen molar-refractivity contribution in [3.8, 4) is 0 Å². The van der Waals surface area contributed by atoms with E-state index in [-0.39, 0.29) is 12.5 Å². The highest BCUT2D eigenvalue weighted by atomic mass is 79.9. The van der Waals surface area contributed by atoms with Gasteiger partial charge in [-0.2, -0.15) is 0 Å². The Morgan fingerprint density at radius 2 is 1.86 bits per heavy atom. The van der Waals surface area contributed by atoms with Gasteiger partial charge in [0.05, 0.1) is 19.6 Å². The van der Waals surface area contributed by atoms with Crippen molar-refractivity contribution in [2.45, 2.75) is 6.42 Å². The number of benzene rings is 1. The number of nitrogens with one attached hydrogen (secondary N) is 3. The van der Waals surface area contributed by atoms with Crippen molar-refractivity contribution in [3.05, 3.63) is 28.7 Å². The number of halogens is 1. The zero-order valence-corrected chi connectivity index (χ0v) is 13.8. The van der Waals surface area contributed by atoms with Crippen molar-refractivity contribution in [1.29, 1.82) is 0 Å². The number of amides is 1. The van der Waals surface area contributed by atoms with E-state index in [2.05, 4.69) is 21.2 Å². The first-order chi connectivity index (χ1) is 10.2. The summed E-state index contributed by atoms with van der Waals surface area (Å²) in [5.74, 6) is 0.0748. The van der Waals surface area contributed by atoms with Gasteiger partial charge in [0.15, 0.2) is 0 Å². The zero-order valence-electron chi connectivity index (χ0n) is 12.2. The highest BCUT2D eigenvalue weighted by Gasteiger charge is 2.22. The number of piperazine rings is 1. The van der Waals surface area contributed by atoms with E-state index < -0.39 is 0 Å². The normalized spacial score (nSPS) is 22.0. The van der Waals surface area contributed by atoms with Crippen molar-refractivity contribution in [2.24, 2.45) is 0 Å². The molecule has 0 spiro atoms. The molecule has 0 radical (unpaired) electrons. The number of aliphatic hydroxyl groups is 1. The number of quaternary nitrogens is 2. The lowest BCUT2D eigenvalue weighted by Gasteiger charge is -2.29. The minimum absolute atomic E-state index is 0.0748. The van der Waals surface area contributed by atoms with Crippen LogP contribution < -0.4 is 15.1 Å². The fourth-order valence-electron chi connectivity index (χ4n) is 2.70. The van der Waals surface area contributed by atoms with E-state index >= 15 is 0 Å². The topological polar surface area (TPSA) is 58.2 Å². The fourth-order valence-corrected chi connectivity index (χ4v) is 3.09. The van der Waals surface area contributed by atoms with Crippen LogP contribution in [0.1, 0.15) is 6.42 Å². The summed E-state index contributed by atoms with van der Waals surface area (Å²) in [6.07, 6.45) is 0.553. The summed E-state index contributed by atoms with van der Waals surface area (Å²) in [4.78, 5) is 14.9. The van der Waals surface area contributed by atoms with Crippen LogP contribution in [0.5, 0.6) is 0 Å². The molecule has 1 aliphatic heterocycles. The molecule has 0 aliphatic carbocycles. The third kappa shape index (κ3) is 5.74. The Hall–Kier alpha value is -0.950. The first-order valence-corrected chi connectivity index (χ1v) is 8.30. The molecule has 116 valence electrons. The molecule has 0 aromatic heterocycles. The maximum atomic E-state index is 12.0. The quantitative estimate of drug-likeness (QED) is 0.503. The number of aliphatic hydroxyl groups excluding tert-OH is 1. The molecule has 6 heteroatoms. The monoisotopic (exact) mass is 357 g/mol. The van der Waals surface area contributed by atoms with E-state index in [1.807, 2.05) is 24.3 Å². The van der Waals surface area contributed by atoms with Crippen molar-refractivity contribution >= 4 is 27.5 Å². The van der Waals surface area contributed by atoms with Crippen LogP contribution in [0.3, 0.4) is 0 Å². The summed E-state index contributed by atoms with van der Waals surface area (Å²) in [7, 11) is 0. The molecule has 1 saturated heterocycles. The smallest absolute Gasteiger partial charge is 0.230 e. The van der Waals surface area contributed by atoms with Gasteiger partial charge in [0, 0.05) is 10.2 Å². The predicted molar refractivity (Wildman–Crippen MR) is 85.6 cm³/mol. The predicted octanol–water partition coefficient (Wildman–Crippen LogP) is -1.45. The van der Waals surface area contributed by atoms with Gasteiger partial charge in [-0.15, -0.1) is 0 Å². The zero-order chi connectivity index (χ0) is 15.1. The van der Waals surface area contributed by atoms with Crippen LogP contribution >= 0.6 is 15.9 Å². The second-order valence-corrected chi connectivity index (χ2v) is 6.45. The minimum atomic E-state index is 0.0748. The number of carbonyl (C=O) groups is 1. The second-order valence-electron chi connectivity index (χ2n) is 5.53. The Balaban J connectivity index is 1.68. The van der Waals surface area contributed by atoms with Crippen LogP contribution in [-0.2, 0) is 4.79 Å². The van der Waals surface area contributed by atoms with Gasteiger partial charge in [-0.1, -0.05) is 22.0 Å². The maximum Gasteiger partial charge on any atom is 0.230 e. The molecule has 1 amide bonds. The SMILES string of the molecule is O=C(CC[NH+]1CC[NH+](CCO)CC1)Nc1cccc(Br)c1. The third-order valence-electron chi connectivity index (χ3n) is 3.94. The van der Waals surface area contributed by atoms with Crippen molar-refractivity contribution in [3.63, 3.8) is 0 Å². The number of hydrogen-bond donors (Lipinski definition) is 4. The van der Waals surface area contributed by atoms with E-state index in [9.17, 15) is 4.79 Å². The number of carbonyl (C=O) groups excluding carboxylic acids is 1. The summed E-state index contributed by atoms with van der Waals surface area (Å²) >= 11 is 3.40. The molecule has 0 unspecified atom stereocenters. The van der Waals surface area contributed by atoms with E-state index in [4.69, 9.17) is 5.11 Å². The molecule has 1 aromatic rings. The molecule has 0 saturated carbocycles. The Labute approximate surface area is 134 Å². The number of rotatable bonds is 6. The summed E-state index contributed by atoms with van der Waals surface area (Å²) < 4.78 is 0.967. The molecule has 2 rings (SSSR count). The Bertz CT molecular complexity index is 462. The van der Waals surface area contributed by atoms with Gasteiger partial charge >= 0.3 is 0 Å². The Morgan fingerprint density at radius 3 is 2.48 bits per heavy atom. The average Bonchev–Trinajstić information content (AvgIpc) is 2.47. The highest BCUT2D eigenvalue weighted by Crippen LogP contribution is 2.15. The van der Waals surface area contributed by atoms with E-state index in [1.54, 1.807) is 0 Å². The van der Waals surface area contributed by atoms with Crippen LogP contribution in [0.25, 0.3) is 0 Å². The molecule has 5 nitrogen and oxygen atoms in total. The van der Waals surface area contributed by atoms with Gasteiger partial charge in [-0.25, -0.2) is 0 Å². The van der Waals surface area contributed by atoms with Crippen molar-refractivity contribution in [2.75, 3.05) is 51.2 Å². The molecule has 0 atom stereocenters. The summed E-state index contributed by atoms with van der Waals surface area (Å²) in [6, 6.07) is 7.65. The standard InChI is InChI=1S/C15H22BrN3O2/c16-13-2-1-3-14(12-13)17-15(21)4-5-18-6-8-19(9-7-18)10-11-20/h1-3,12,20H,4-11H2,(H,17,21)/p+2. The highest BCUT2D eigenvalue weighted by molar-refractivity contribution is 9.10. The molecular formula is C15H24BrN3O2+2. The first-order valence-electron chi connectivity index (χ1n) is 7.51. The largest absolute Gasteiger partial charge is 0.391 e. The Kier molecular flexibility index (Phi) is 6.63. The van der Waals surface area contributed by atoms with Gasteiger partial charge in [0.1, 0.15) is 32.7 Å². The molecule has 1 aliphatic rings. The first kappa shape index (κ1) is 16.4. The molecular weight excluding hydrogens is 334 g/mol. The van der Waals surface area contributed by atoms with Crippen LogP contribution in [-0.4, -0.2) is 56.9 Å². The molecule has 21 heavy (non-hydrogen) atoms. The molecule has 1 heterocycles. The molecule has 1 fully saturated rings. The number of hydrogen-bond acceptors (Lipinski definition) is 2. The minimum Gasteiger partial charge on any atom is -0.391 e. The van der Waals surface area contributed by atoms with Crippen LogP contribution in [0, 0.1) is 0 Å². The van der Waals surface area contributed by atoms with E-state index in [0.29, 0.717) is 6.42 Å². The second kappa shape index (κ2) is 8.48. The lowest BCUT2D eigenvalue weighted by Crippen LogP contribution is -3.28. The van der Waals surface area contributed by atoms with Crippen LogP contribution in [0.4, 0.5) is 5.69 Å². The maximum absolute atomic E-state index is 12.0. The van der Waals surface area contributed by atoms with E-state index in [1.165, 1.54) is 9.80 Å². The van der Waals surface area contributed by atoms with Crippen molar-refractivity contribution in [1.82, 2.24) is 0 Å². The van der Waals surface area contributed by atoms with Gasteiger partial charge in [-0.05, 0) is 18.2 Å². The lowest BCUT2D eigenvalue weighted by molar-refractivity contribution is -1.01. The molecule has 4 N–H and O–H groups in total. The Morgan fingerprint density at radius 1 is 1.19 bits per heavy atom. The third-order valence-corrected chi connectivity index (χ3v) is 4.44. The van der Waals surface area contributed by atoms with Crippen LogP contribution in [0.15, 0.2) is 28.7 Å². The number of anilines is 1. The summed E-state index contributed by atoms with van der Waals surface area (Å²) in [6.45, 7) is 6.33. The molecule has 0 bridgehead atoms. The molecule has 1 aromatic carbocycles. The van der Waals surface area contributed by atoms with Crippen molar-refractivity contribution < 1.29 is 19.7 Å². The van der Waals surface area contributed by atoms with E-state index in [0.717, 1.165) is 49.4 Å². The van der Waals surface area contributed by atoms with Gasteiger partial charge in [0.2, 0.25) is 5.91 Å². The fraction of sp³-hybridized carbons (Fsp3) is 0.533. The van der Waals surface area contributed by atoms with Gasteiger partial charge in [0.25, 0.3) is 0 Å². The van der Waals surface area contributed by atoms with Gasteiger partial charge in [-0.3, -0.25) is 4.79 Å². The van der Waals surface area contributed by atoms with Crippen LogP contribution in [0.2, 0.25) is 0 Å². The summed E-state index contributed by atoms with van der Waals surface area (Å²) in [5, 5.41) is 11.9. The average molecular weight is 358 g/mol.